The van der Waals surface area contributed by atoms with Crippen LogP contribution in [0.1, 0.15) is 34.5 Å². The lowest BCUT2D eigenvalue weighted by molar-refractivity contribution is 0.0940. The van der Waals surface area contributed by atoms with E-state index in [1.807, 2.05) is 6.92 Å². The fourth-order valence-electron chi connectivity index (χ4n) is 3.60. The van der Waals surface area contributed by atoms with E-state index in [-0.39, 0.29) is 22.7 Å². The standard InChI is InChI=1S/C23H21FN2O3S/c1-16(17-7-10-20(24)11-8-17)25-23(27)19-9-12-22-18(15-19)13-14-26(22)30(28,29)21-5-3-2-4-6-21/h2-12,15-16H,13-14H2,1H3,(H,25,27)/t16-/m1/s1. The van der Waals surface area contributed by atoms with Gasteiger partial charge in [0.1, 0.15) is 5.82 Å². The third kappa shape index (κ3) is 3.80. The Balaban J connectivity index is 1.53. The van der Waals surface area contributed by atoms with E-state index in [1.165, 1.54) is 16.4 Å². The Kier molecular flexibility index (Phi) is 5.30. The molecule has 0 bridgehead atoms. The molecule has 0 unspecified atom stereocenters. The zero-order valence-corrected chi connectivity index (χ0v) is 17.2. The highest BCUT2D eigenvalue weighted by atomic mass is 32.2. The molecule has 1 amide bonds. The molecule has 3 aromatic rings. The zero-order valence-electron chi connectivity index (χ0n) is 16.4. The van der Waals surface area contributed by atoms with Crippen LogP contribution >= 0.6 is 0 Å². The predicted molar refractivity (Wildman–Crippen MR) is 113 cm³/mol. The number of hydrogen-bond donors (Lipinski definition) is 1. The number of nitrogens with one attached hydrogen (secondary N) is 1. The number of rotatable bonds is 5. The summed E-state index contributed by atoms with van der Waals surface area (Å²) in [4.78, 5) is 12.9. The predicted octanol–water partition coefficient (Wildman–Crippen LogP) is 4.07. The van der Waals surface area contributed by atoms with E-state index < -0.39 is 10.0 Å². The van der Waals surface area contributed by atoms with Gasteiger partial charge in [-0.25, -0.2) is 12.8 Å². The van der Waals surface area contributed by atoms with Gasteiger partial charge in [-0.2, -0.15) is 0 Å². The number of halogens is 1. The maximum Gasteiger partial charge on any atom is 0.264 e. The normalized spacial score (nSPS) is 14.3. The number of fused-ring (bicyclic) bond motifs is 1. The fourth-order valence-corrected chi connectivity index (χ4v) is 5.12. The third-order valence-electron chi connectivity index (χ3n) is 5.24. The van der Waals surface area contributed by atoms with Crippen LogP contribution in [0.15, 0.2) is 77.7 Å². The molecule has 0 spiro atoms. The second-order valence-corrected chi connectivity index (χ2v) is 9.09. The van der Waals surface area contributed by atoms with Crippen molar-refractivity contribution in [2.24, 2.45) is 0 Å². The lowest BCUT2D eigenvalue weighted by Crippen LogP contribution is -2.29. The molecule has 0 aliphatic carbocycles. The van der Waals surface area contributed by atoms with Crippen molar-refractivity contribution in [2.45, 2.75) is 24.3 Å². The molecular formula is C23H21FN2O3S. The third-order valence-corrected chi connectivity index (χ3v) is 7.07. The number of carbonyl (C=O) groups excluding carboxylic acids is 1. The van der Waals surface area contributed by atoms with Crippen molar-refractivity contribution >= 4 is 21.6 Å². The first kappa shape index (κ1) is 20.1. The van der Waals surface area contributed by atoms with Crippen LogP contribution in [0.3, 0.4) is 0 Å². The van der Waals surface area contributed by atoms with Gasteiger partial charge in [-0.3, -0.25) is 9.10 Å². The SMILES string of the molecule is C[C@@H](NC(=O)c1ccc2c(c1)CCN2S(=O)(=O)c1ccccc1)c1ccc(F)cc1. The van der Waals surface area contributed by atoms with Crippen molar-refractivity contribution < 1.29 is 17.6 Å². The molecule has 1 atom stereocenters. The first-order valence-electron chi connectivity index (χ1n) is 9.63. The molecule has 0 radical (unpaired) electrons. The molecule has 4 rings (SSSR count). The maximum atomic E-state index is 13.1. The first-order chi connectivity index (χ1) is 14.4. The molecule has 1 N–H and O–H groups in total. The van der Waals surface area contributed by atoms with E-state index in [9.17, 15) is 17.6 Å². The van der Waals surface area contributed by atoms with Crippen LogP contribution in [0.5, 0.6) is 0 Å². The van der Waals surface area contributed by atoms with E-state index >= 15 is 0 Å². The highest BCUT2D eigenvalue weighted by molar-refractivity contribution is 7.92. The molecule has 0 aromatic heterocycles. The lowest BCUT2D eigenvalue weighted by atomic mass is 10.1. The second kappa shape index (κ2) is 7.91. The van der Waals surface area contributed by atoms with Gasteiger partial charge in [-0.05, 0) is 66.9 Å². The van der Waals surface area contributed by atoms with Gasteiger partial charge in [-0.15, -0.1) is 0 Å². The Labute approximate surface area is 175 Å². The summed E-state index contributed by atoms with van der Waals surface area (Å²) in [5, 5.41) is 2.90. The second-order valence-electron chi connectivity index (χ2n) is 7.23. The Bertz CT molecular complexity index is 1180. The summed E-state index contributed by atoms with van der Waals surface area (Å²) in [5.41, 5.74) is 2.67. The minimum absolute atomic E-state index is 0.243. The van der Waals surface area contributed by atoms with Gasteiger partial charge in [0.2, 0.25) is 0 Å². The molecule has 0 saturated carbocycles. The Morgan fingerprint density at radius 3 is 2.43 bits per heavy atom. The van der Waals surface area contributed by atoms with E-state index in [0.717, 1.165) is 11.1 Å². The summed E-state index contributed by atoms with van der Waals surface area (Å²) < 4.78 is 40.4. The molecule has 0 saturated heterocycles. The minimum Gasteiger partial charge on any atom is -0.346 e. The highest BCUT2D eigenvalue weighted by Crippen LogP contribution is 2.33. The van der Waals surface area contributed by atoms with Crippen LogP contribution in [0.25, 0.3) is 0 Å². The summed E-state index contributed by atoms with van der Waals surface area (Å²) in [6, 6.07) is 19.1. The number of anilines is 1. The monoisotopic (exact) mass is 424 g/mol. The quantitative estimate of drug-likeness (QED) is 0.672. The Morgan fingerprint density at radius 2 is 1.73 bits per heavy atom. The van der Waals surface area contributed by atoms with Crippen LogP contribution in [-0.2, 0) is 16.4 Å². The van der Waals surface area contributed by atoms with Gasteiger partial charge in [0.15, 0.2) is 0 Å². The topological polar surface area (TPSA) is 66.5 Å². The maximum absolute atomic E-state index is 13.1. The summed E-state index contributed by atoms with van der Waals surface area (Å²) in [6.45, 7) is 2.16. The molecule has 30 heavy (non-hydrogen) atoms. The molecule has 7 heteroatoms. The van der Waals surface area contributed by atoms with E-state index in [0.29, 0.717) is 24.2 Å². The number of benzene rings is 3. The van der Waals surface area contributed by atoms with Crippen molar-refractivity contribution in [1.82, 2.24) is 5.32 Å². The van der Waals surface area contributed by atoms with Crippen LogP contribution in [0.4, 0.5) is 10.1 Å². The number of sulfonamides is 1. The van der Waals surface area contributed by atoms with Gasteiger partial charge < -0.3 is 5.32 Å². The van der Waals surface area contributed by atoms with E-state index in [1.54, 1.807) is 60.7 Å². The van der Waals surface area contributed by atoms with Crippen molar-refractivity contribution in [3.63, 3.8) is 0 Å². The van der Waals surface area contributed by atoms with Crippen molar-refractivity contribution in [1.29, 1.82) is 0 Å². The van der Waals surface area contributed by atoms with Gasteiger partial charge in [0.25, 0.3) is 15.9 Å². The van der Waals surface area contributed by atoms with Crippen LogP contribution in [0.2, 0.25) is 0 Å². The van der Waals surface area contributed by atoms with E-state index in [4.69, 9.17) is 0 Å². The first-order valence-corrected chi connectivity index (χ1v) is 11.1. The number of nitrogens with zero attached hydrogens (tertiary/aromatic N) is 1. The molecule has 1 heterocycles. The summed E-state index contributed by atoms with van der Waals surface area (Å²) >= 11 is 0. The van der Waals surface area contributed by atoms with Crippen molar-refractivity contribution in [3.05, 3.63) is 95.3 Å². The van der Waals surface area contributed by atoms with Crippen LogP contribution in [-0.4, -0.2) is 20.9 Å². The van der Waals surface area contributed by atoms with Crippen LogP contribution in [0, 0.1) is 5.82 Å². The summed E-state index contributed by atoms with van der Waals surface area (Å²) in [5.74, 6) is -0.593. The van der Waals surface area contributed by atoms with Gasteiger partial charge in [0.05, 0.1) is 16.6 Å². The molecule has 0 fully saturated rings. The van der Waals surface area contributed by atoms with Gasteiger partial charge in [-0.1, -0.05) is 30.3 Å². The Hall–Kier alpha value is -3.19. The van der Waals surface area contributed by atoms with E-state index in [2.05, 4.69) is 5.32 Å². The molecule has 1 aliphatic heterocycles. The summed E-state index contributed by atoms with van der Waals surface area (Å²) in [6.07, 6.45) is 0.538. The lowest BCUT2D eigenvalue weighted by Gasteiger charge is -2.20. The molecule has 154 valence electrons. The molecule has 1 aliphatic rings. The molecular weight excluding hydrogens is 403 g/mol. The Morgan fingerprint density at radius 1 is 1.03 bits per heavy atom. The molecule has 3 aromatic carbocycles. The highest BCUT2D eigenvalue weighted by Gasteiger charge is 2.31. The van der Waals surface area contributed by atoms with Crippen molar-refractivity contribution in [2.75, 3.05) is 10.8 Å². The van der Waals surface area contributed by atoms with Crippen molar-refractivity contribution in [3.8, 4) is 0 Å². The summed E-state index contributed by atoms with van der Waals surface area (Å²) in [7, 11) is -3.64. The number of amides is 1. The average molecular weight is 424 g/mol. The minimum atomic E-state index is -3.64. The van der Waals surface area contributed by atoms with Gasteiger partial charge >= 0.3 is 0 Å². The number of carbonyl (C=O) groups is 1. The van der Waals surface area contributed by atoms with Gasteiger partial charge in [0, 0.05) is 12.1 Å². The smallest absolute Gasteiger partial charge is 0.264 e. The number of hydrogen-bond acceptors (Lipinski definition) is 3. The largest absolute Gasteiger partial charge is 0.346 e. The average Bonchev–Trinajstić information content (AvgIpc) is 3.19. The van der Waals surface area contributed by atoms with Crippen LogP contribution < -0.4 is 9.62 Å². The molecule has 5 nitrogen and oxygen atoms in total. The zero-order chi connectivity index (χ0) is 21.3. The fraction of sp³-hybridized carbons (Fsp3) is 0.174.